The molecule has 1 aromatic heterocycles. The maximum atomic E-state index is 12.1. The summed E-state index contributed by atoms with van der Waals surface area (Å²) in [5.74, 6) is -0.499. The van der Waals surface area contributed by atoms with E-state index in [2.05, 4.69) is 15.5 Å². The average molecular weight is 322 g/mol. The number of halogens is 1. The first-order valence-electron chi connectivity index (χ1n) is 6.17. The van der Waals surface area contributed by atoms with Crippen LogP contribution in [0.5, 0.6) is 0 Å². The summed E-state index contributed by atoms with van der Waals surface area (Å²) in [5, 5.41) is 9.05. The van der Waals surface area contributed by atoms with Gasteiger partial charge in [-0.3, -0.25) is 9.89 Å². The van der Waals surface area contributed by atoms with E-state index in [-0.39, 0.29) is 22.5 Å². The van der Waals surface area contributed by atoms with Gasteiger partial charge in [0.25, 0.3) is 15.0 Å². The third kappa shape index (κ3) is 3.31. The standard InChI is InChI=1S/C11H16ClN3O4S/c1-6(5-19-2)13-11(16)9-10(20(12,17)18)8(14-15-9)7-3-4-7/h6-7H,3-5H2,1-2H3,(H,13,16)(H,14,15). The number of H-pyrrole nitrogens is 1. The van der Waals surface area contributed by atoms with Gasteiger partial charge in [-0.15, -0.1) is 0 Å². The van der Waals surface area contributed by atoms with Crippen LogP contribution < -0.4 is 5.32 Å². The molecule has 2 rings (SSSR count). The molecule has 0 bridgehead atoms. The van der Waals surface area contributed by atoms with E-state index in [0.29, 0.717) is 12.3 Å². The van der Waals surface area contributed by atoms with Crippen molar-refractivity contribution in [2.24, 2.45) is 0 Å². The first-order chi connectivity index (χ1) is 9.34. The first kappa shape index (κ1) is 15.3. The fraction of sp³-hybridized carbons (Fsp3) is 0.636. The third-order valence-electron chi connectivity index (χ3n) is 2.99. The predicted molar refractivity (Wildman–Crippen MR) is 72.4 cm³/mol. The Labute approximate surface area is 121 Å². The molecule has 0 saturated heterocycles. The Kier molecular flexibility index (Phi) is 4.36. The third-order valence-corrected chi connectivity index (χ3v) is 4.35. The normalized spacial score (nSPS) is 16.9. The smallest absolute Gasteiger partial charge is 0.273 e. The van der Waals surface area contributed by atoms with Crippen molar-refractivity contribution < 1.29 is 17.9 Å². The number of nitrogens with zero attached hydrogens (tertiary/aromatic N) is 1. The molecule has 112 valence electrons. The lowest BCUT2D eigenvalue weighted by Gasteiger charge is -2.11. The average Bonchev–Trinajstić information content (AvgIpc) is 3.06. The molecular formula is C11H16ClN3O4S. The van der Waals surface area contributed by atoms with Crippen LogP contribution in [-0.2, 0) is 13.8 Å². The number of nitrogens with one attached hydrogen (secondary N) is 2. The Morgan fingerprint density at radius 1 is 1.60 bits per heavy atom. The van der Waals surface area contributed by atoms with Crippen molar-refractivity contribution in [1.29, 1.82) is 0 Å². The highest BCUT2D eigenvalue weighted by Gasteiger charge is 2.36. The molecule has 1 aliphatic rings. The summed E-state index contributed by atoms with van der Waals surface area (Å²) in [4.78, 5) is 11.9. The second-order valence-corrected chi connectivity index (χ2v) is 7.36. The Morgan fingerprint density at radius 2 is 2.25 bits per heavy atom. The summed E-state index contributed by atoms with van der Waals surface area (Å²) in [6.07, 6.45) is 1.73. The minimum atomic E-state index is -4.03. The van der Waals surface area contributed by atoms with Crippen molar-refractivity contribution in [3.8, 4) is 0 Å². The number of carbonyl (C=O) groups excluding carboxylic acids is 1. The lowest BCUT2D eigenvalue weighted by Crippen LogP contribution is -2.36. The van der Waals surface area contributed by atoms with Crippen LogP contribution in [0.4, 0.5) is 0 Å². The van der Waals surface area contributed by atoms with Crippen LogP contribution in [0.3, 0.4) is 0 Å². The molecule has 1 aromatic rings. The van der Waals surface area contributed by atoms with E-state index in [9.17, 15) is 13.2 Å². The number of hydrogen-bond acceptors (Lipinski definition) is 5. The maximum absolute atomic E-state index is 12.1. The van der Waals surface area contributed by atoms with Gasteiger partial charge >= 0.3 is 0 Å². The van der Waals surface area contributed by atoms with E-state index in [4.69, 9.17) is 15.4 Å². The van der Waals surface area contributed by atoms with Crippen LogP contribution in [0.15, 0.2) is 4.90 Å². The van der Waals surface area contributed by atoms with Gasteiger partial charge in [-0.25, -0.2) is 8.42 Å². The highest BCUT2D eigenvalue weighted by molar-refractivity contribution is 8.13. The van der Waals surface area contributed by atoms with Crippen LogP contribution in [0.2, 0.25) is 0 Å². The number of rotatable bonds is 6. The summed E-state index contributed by atoms with van der Waals surface area (Å²) in [5.41, 5.74) is 0.231. The molecule has 1 amide bonds. The van der Waals surface area contributed by atoms with Gasteiger partial charge in [0.2, 0.25) is 0 Å². The van der Waals surface area contributed by atoms with Gasteiger partial charge in [0.05, 0.1) is 12.3 Å². The number of aromatic nitrogens is 2. The second kappa shape index (κ2) is 5.71. The van der Waals surface area contributed by atoms with Crippen LogP contribution in [0, 0.1) is 0 Å². The van der Waals surface area contributed by atoms with Gasteiger partial charge in [0, 0.05) is 29.8 Å². The molecule has 1 heterocycles. The van der Waals surface area contributed by atoms with E-state index >= 15 is 0 Å². The number of aromatic amines is 1. The molecule has 2 N–H and O–H groups in total. The highest BCUT2D eigenvalue weighted by atomic mass is 35.7. The molecule has 0 aromatic carbocycles. The van der Waals surface area contributed by atoms with Crippen LogP contribution >= 0.6 is 10.7 Å². The second-order valence-electron chi connectivity index (χ2n) is 4.86. The number of amides is 1. The van der Waals surface area contributed by atoms with E-state index in [0.717, 1.165) is 12.8 Å². The van der Waals surface area contributed by atoms with Gasteiger partial charge in [-0.05, 0) is 19.8 Å². The van der Waals surface area contributed by atoms with Crippen molar-refractivity contribution in [3.05, 3.63) is 11.4 Å². The molecule has 1 unspecified atom stereocenters. The number of carbonyl (C=O) groups is 1. The lowest BCUT2D eigenvalue weighted by molar-refractivity contribution is 0.0897. The van der Waals surface area contributed by atoms with Gasteiger partial charge < -0.3 is 10.1 Å². The Bertz CT molecular complexity index is 609. The van der Waals surface area contributed by atoms with Gasteiger partial charge in [0.1, 0.15) is 4.90 Å². The molecule has 1 atom stereocenters. The molecule has 1 fully saturated rings. The van der Waals surface area contributed by atoms with Crippen molar-refractivity contribution in [2.75, 3.05) is 13.7 Å². The Balaban J connectivity index is 2.30. The lowest BCUT2D eigenvalue weighted by atomic mass is 10.2. The zero-order chi connectivity index (χ0) is 14.9. The van der Waals surface area contributed by atoms with Crippen LogP contribution in [0.25, 0.3) is 0 Å². The Hall–Kier alpha value is -1.12. The molecule has 0 spiro atoms. The zero-order valence-electron chi connectivity index (χ0n) is 11.1. The summed E-state index contributed by atoms with van der Waals surface area (Å²) < 4.78 is 28.3. The molecule has 9 heteroatoms. The number of ether oxygens (including phenoxy) is 1. The summed E-state index contributed by atoms with van der Waals surface area (Å²) in [7, 11) is 2.91. The molecular weight excluding hydrogens is 306 g/mol. The molecule has 7 nitrogen and oxygen atoms in total. The summed E-state index contributed by atoms with van der Waals surface area (Å²) >= 11 is 0. The molecule has 0 aliphatic heterocycles. The fourth-order valence-electron chi connectivity index (χ4n) is 1.98. The monoisotopic (exact) mass is 321 g/mol. The SMILES string of the molecule is COCC(C)NC(=O)c1n[nH]c(C2CC2)c1S(=O)(=O)Cl. The van der Waals surface area contributed by atoms with E-state index < -0.39 is 15.0 Å². The van der Waals surface area contributed by atoms with Gasteiger partial charge in [-0.1, -0.05) is 0 Å². The Morgan fingerprint density at radius 3 is 2.75 bits per heavy atom. The topological polar surface area (TPSA) is 101 Å². The van der Waals surface area contributed by atoms with Gasteiger partial charge in [-0.2, -0.15) is 5.10 Å². The number of methoxy groups -OCH3 is 1. The highest BCUT2D eigenvalue weighted by Crippen LogP contribution is 2.43. The van der Waals surface area contributed by atoms with Crippen molar-refractivity contribution in [1.82, 2.24) is 15.5 Å². The summed E-state index contributed by atoms with van der Waals surface area (Å²) in [6.45, 7) is 2.05. The fourth-order valence-corrected chi connectivity index (χ4v) is 3.29. The maximum Gasteiger partial charge on any atom is 0.273 e. The van der Waals surface area contributed by atoms with Crippen molar-refractivity contribution in [3.63, 3.8) is 0 Å². The summed E-state index contributed by atoms with van der Waals surface area (Å²) in [6, 6.07) is -0.264. The largest absolute Gasteiger partial charge is 0.383 e. The molecule has 20 heavy (non-hydrogen) atoms. The predicted octanol–water partition coefficient (Wildman–Crippen LogP) is 0.979. The van der Waals surface area contributed by atoms with E-state index in [1.807, 2.05) is 0 Å². The first-order valence-corrected chi connectivity index (χ1v) is 8.48. The minimum Gasteiger partial charge on any atom is -0.383 e. The van der Waals surface area contributed by atoms with Crippen molar-refractivity contribution in [2.45, 2.75) is 36.6 Å². The molecule has 1 saturated carbocycles. The molecule has 0 radical (unpaired) electrons. The number of hydrogen-bond donors (Lipinski definition) is 2. The minimum absolute atomic E-state index is 0.0870. The van der Waals surface area contributed by atoms with Gasteiger partial charge in [0.15, 0.2) is 5.69 Å². The zero-order valence-corrected chi connectivity index (χ0v) is 12.7. The van der Waals surface area contributed by atoms with Crippen LogP contribution in [0.1, 0.15) is 41.9 Å². The molecule has 1 aliphatic carbocycles. The van der Waals surface area contributed by atoms with E-state index in [1.165, 1.54) is 7.11 Å². The van der Waals surface area contributed by atoms with Crippen LogP contribution in [-0.4, -0.2) is 44.3 Å². The quantitative estimate of drug-likeness (QED) is 0.760. The van der Waals surface area contributed by atoms with Crippen molar-refractivity contribution >= 4 is 25.6 Å². The van der Waals surface area contributed by atoms with E-state index in [1.54, 1.807) is 6.92 Å².